The molecule has 2 aliphatic heterocycles. The SMILES string of the molecule is CCCN1CC(Oc2ccc([C@H]3Oc4cc(O)ccc4C(C)=C3c3ccc(O)cc3)cc2)C1. The number of hydrogen-bond donors (Lipinski definition) is 2. The second-order valence-electron chi connectivity index (χ2n) is 8.83. The average Bonchev–Trinajstić information content (AvgIpc) is 2.79. The molecule has 33 heavy (non-hydrogen) atoms. The fraction of sp³-hybridized carbons (Fsp3) is 0.286. The van der Waals surface area contributed by atoms with Crippen LogP contribution in [-0.2, 0) is 0 Å². The molecule has 0 unspecified atom stereocenters. The van der Waals surface area contributed by atoms with Crippen molar-refractivity contribution in [1.82, 2.24) is 4.90 Å². The van der Waals surface area contributed by atoms with Crippen LogP contribution >= 0.6 is 0 Å². The number of phenolic OH excluding ortho intramolecular Hbond substituents is 2. The molecule has 170 valence electrons. The van der Waals surface area contributed by atoms with Crippen molar-refractivity contribution in [2.24, 2.45) is 0 Å². The van der Waals surface area contributed by atoms with Gasteiger partial charge >= 0.3 is 0 Å². The summed E-state index contributed by atoms with van der Waals surface area (Å²) in [6.07, 6.45) is 1.07. The Labute approximate surface area is 194 Å². The Morgan fingerprint density at radius 2 is 1.64 bits per heavy atom. The maximum Gasteiger partial charge on any atom is 0.150 e. The van der Waals surface area contributed by atoms with Gasteiger partial charge in [0.15, 0.2) is 0 Å². The van der Waals surface area contributed by atoms with Gasteiger partial charge in [0, 0.05) is 30.3 Å². The largest absolute Gasteiger partial charge is 0.508 e. The first-order valence-corrected chi connectivity index (χ1v) is 11.5. The van der Waals surface area contributed by atoms with E-state index >= 15 is 0 Å². The number of phenols is 2. The quantitative estimate of drug-likeness (QED) is 0.517. The lowest BCUT2D eigenvalue weighted by atomic mass is 9.86. The first-order valence-electron chi connectivity index (χ1n) is 11.5. The minimum absolute atomic E-state index is 0.176. The van der Waals surface area contributed by atoms with Crippen molar-refractivity contribution in [1.29, 1.82) is 0 Å². The lowest BCUT2D eigenvalue weighted by Gasteiger charge is -2.38. The minimum atomic E-state index is -0.346. The highest BCUT2D eigenvalue weighted by atomic mass is 16.5. The lowest BCUT2D eigenvalue weighted by molar-refractivity contribution is 0.0202. The zero-order chi connectivity index (χ0) is 22.9. The van der Waals surface area contributed by atoms with Gasteiger partial charge in [-0.05, 0) is 73.0 Å². The van der Waals surface area contributed by atoms with Gasteiger partial charge in [-0.2, -0.15) is 0 Å². The summed E-state index contributed by atoms with van der Waals surface area (Å²) >= 11 is 0. The third kappa shape index (κ3) is 4.29. The number of allylic oxidation sites excluding steroid dienone is 1. The molecule has 3 aromatic carbocycles. The van der Waals surface area contributed by atoms with Crippen LogP contribution in [0.15, 0.2) is 66.7 Å². The molecule has 2 N–H and O–H groups in total. The van der Waals surface area contributed by atoms with Gasteiger partial charge < -0.3 is 19.7 Å². The molecule has 1 atom stereocenters. The third-order valence-corrected chi connectivity index (χ3v) is 6.41. The van der Waals surface area contributed by atoms with Crippen LogP contribution in [-0.4, -0.2) is 40.9 Å². The van der Waals surface area contributed by atoms with Gasteiger partial charge in [-0.25, -0.2) is 0 Å². The summed E-state index contributed by atoms with van der Waals surface area (Å²) in [6, 6.07) is 20.5. The van der Waals surface area contributed by atoms with Crippen molar-refractivity contribution in [3.05, 3.63) is 83.4 Å². The average molecular weight is 444 g/mol. The molecule has 2 heterocycles. The Balaban J connectivity index is 1.44. The van der Waals surface area contributed by atoms with Crippen LogP contribution in [0.5, 0.6) is 23.0 Å². The fourth-order valence-electron chi connectivity index (χ4n) is 4.70. The second kappa shape index (κ2) is 8.83. The van der Waals surface area contributed by atoms with Gasteiger partial charge in [0.1, 0.15) is 35.2 Å². The van der Waals surface area contributed by atoms with Crippen molar-refractivity contribution in [3.8, 4) is 23.0 Å². The predicted molar refractivity (Wildman–Crippen MR) is 130 cm³/mol. The van der Waals surface area contributed by atoms with Crippen LogP contribution in [0.25, 0.3) is 11.1 Å². The fourth-order valence-corrected chi connectivity index (χ4v) is 4.70. The van der Waals surface area contributed by atoms with E-state index < -0.39 is 0 Å². The Kier molecular flexibility index (Phi) is 5.73. The summed E-state index contributed by atoms with van der Waals surface area (Å²) in [5.74, 6) is 1.92. The number of benzene rings is 3. The zero-order valence-corrected chi connectivity index (χ0v) is 19.0. The number of hydrogen-bond acceptors (Lipinski definition) is 5. The molecule has 0 radical (unpaired) electrons. The van der Waals surface area contributed by atoms with Crippen molar-refractivity contribution in [3.63, 3.8) is 0 Å². The predicted octanol–water partition coefficient (Wildman–Crippen LogP) is 5.64. The highest BCUT2D eigenvalue weighted by Crippen LogP contribution is 2.47. The number of likely N-dealkylation sites (tertiary alicyclic amines) is 1. The van der Waals surface area contributed by atoms with Gasteiger partial charge in [0.05, 0.1) is 0 Å². The van der Waals surface area contributed by atoms with Gasteiger partial charge in [-0.1, -0.05) is 31.2 Å². The summed E-state index contributed by atoms with van der Waals surface area (Å²) in [5.41, 5.74) is 5.06. The van der Waals surface area contributed by atoms with Crippen LogP contribution in [0.4, 0.5) is 0 Å². The Bertz CT molecular complexity index is 1160. The van der Waals surface area contributed by atoms with Gasteiger partial charge in [0.2, 0.25) is 0 Å². The van der Waals surface area contributed by atoms with E-state index in [1.807, 2.05) is 42.5 Å². The van der Waals surface area contributed by atoms with E-state index in [4.69, 9.17) is 9.47 Å². The topological polar surface area (TPSA) is 62.2 Å². The second-order valence-corrected chi connectivity index (χ2v) is 8.83. The molecule has 0 aliphatic carbocycles. The van der Waals surface area contributed by atoms with E-state index in [1.165, 1.54) is 6.42 Å². The van der Waals surface area contributed by atoms with Gasteiger partial charge in [-0.3, -0.25) is 4.90 Å². The summed E-state index contributed by atoms with van der Waals surface area (Å²) in [7, 11) is 0. The summed E-state index contributed by atoms with van der Waals surface area (Å²) in [4.78, 5) is 2.40. The summed E-state index contributed by atoms with van der Waals surface area (Å²) < 4.78 is 12.6. The number of fused-ring (bicyclic) bond motifs is 1. The van der Waals surface area contributed by atoms with E-state index in [0.29, 0.717) is 5.75 Å². The lowest BCUT2D eigenvalue weighted by Crippen LogP contribution is -2.53. The molecule has 1 saturated heterocycles. The molecule has 5 nitrogen and oxygen atoms in total. The number of aromatic hydroxyl groups is 2. The molecule has 0 saturated carbocycles. The Morgan fingerprint density at radius 3 is 2.33 bits per heavy atom. The normalized spacial score (nSPS) is 18.4. The summed E-state index contributed by atoms with van der Waals surface area (Å²) in [5, 5.41) is 19.8. The van der Waals surface area contributed by atoms with E-state index in [1.54, 1.807) is 24.3 Å². The molecule has 0 spiro atoms. The maximum absolute atomic E-state index is 10.0. The third-order valence-electron chi connectivity index (χ3n) is 6.41. The van der Waals surface area contributed by atoms with Crippen molar-refractivity contribution < 1.29 is 19.7 Å². The van der Waals surface area contributed by atoms with Gasteiger partial charge in [-0.15, -0.1) is 0 Å². The Morgan fingerprint density at radius 1 is 0.939 bits per heavy atom. The molecule has 5 rings (SSSR count). The van der Waals surface area contributed by atoms with Crippen LogP contribution in [0.2, 0.25) is 0 Å². The monoisotopic (exact) mass is 443 g/mol. The van der Waals surface area contributed by atoms with Crippen LogP contribution < -0.4 is 9.47 Å². The van der Waals surface area contributed by atoms with Crippen molar-refractivity contribution in [2.45, 2.75) is 32.5 Å². The number of rotatable bonds is 6. The molecular formula is C28H29NO4. The minimum Gasteiger partial charge on any atom is -0.508 e. The maximum atomic E-state index is 10.0. The van der Waals surface area contributed by atoms with E-state index in [2.05, 4.69) is 18.7 Å². The first kappa shape index (κ1) is 21.4. The zero-order valence-electron chi connectivity index (χ0n) is 19.0. The molecule has 5 heteroatoms. The highest BCUT2D eigenvalue weighted by molar-refractivity contribution is 5.95. The number of ether oxygens (including phenoxy) is 2. The number of nitrogens with zero attached hydrogens (tertiary/aromatic N) is 1. The summed E-state index contributed by atoms with van der Waals surface area (Å²) in [6.45, 7) is 7.36. The van der Waals surface area contributed by atoms with E-state index in [9.17, 15) is 10.2 Å². The molecule has 3 aromatic rings. The van der Waals surface area contributed by atoms with E-state index in [-0.39, 0.29) is 23.7 Å². The Hall–Kier alpha value is -3.44. The molecule has 0 aromatic heterocycles. The standard InChI is InChI=1S/C28H29NO4/c1-3-14-29-16-24(17-29)32-23-11-6-20(7-12-23)28-27(19-4-8-21(30)9-5-19)18(2)25-13-10-22(31)15-26(25)33-28/h4-13,15,24,28,30-31H,3,14,16-17H2,1-2H3/t28-/m1/s1. The first-order chi connectivity index (χ1) is 16.0. The van der Waals surface area contributed by atoms with E-state index in [0.717, 1.165) is 53.2 Å². The van der Waals surface area contributed by atoms with Crippen LogP contribution in [0, 0.1) is 0 Å². The molecular weight excluding hydrogens is 414 g/mol. The smallest absolute Gasteiger partial charge is 0.150 e. The van der Waals surface area contributed by atoms with Crippen LogP contribution in [0.1, 0.15) is 43.1 Å². The van der Waals surface area contributed by atoms with Crippen molar-refractivity contribution >= 4 is 11.1 Å². The molecule has 0 amide bonds. The van der Waals surface area contributed by atoms with Crippen molar-refractivity contribution in [2.75, 3.05) is 19.6 Å². The van der Waals surface area contributed by atoms with Crippen LogP contribution in [0.3, 0.4) is 0 Å². The van der Waals surface area contributed by atoms with Gasteiger partial charge in [0.25, 0.3) is 0 Å². The molecule has 0 bridgehead atoms. The molecule has 1 fully saturated rings. The molecule has 2 aliphatic rings. The highest BCUT2D eigenvalue weighted by Gasteiger charge is 2.30.